The third-order valence-electron chi connectivity index (χ3n) is 5.79. The first-order chi connectivity index (χ1) is 15.8. The van der Waals surface area contributed by atoms with Crippen molar-refractivity contribution in [2.45, 2.75) is 19.5 Å². The molecule has 1 fully saturated rings. The number of halogens is 1. The van der Waals surface area contributed by atoms with Crippen LogP contribution >= 0.6 is 0 Å². The molecule has 2 heterocycles. The van der Waals surface area contributed by atoms with E-state index in [1.54, 1.807) is 25.4 Å². The molecule has 1 atom stereocenters. The molecule has 33 heavy (non-hydrogen) atoms. The Labute approximate surface area is 191 Å². The van der Waals surface area contributed by atoms with Crippen molar-refractivity contribution in [3.63, 3.8) is 0 Å². The third-order valence-corrected chi connectivity index (χ3v) is 5.79. The topological polar surface area (TPSA) is 73.7 Å². The van der Waals surface area contributed by atoms with Gasteiger partial charge in [0, 0.05) is 44.3 Å². The van der Waals surface area contributed by atoms with Crippen molar-refractivity contribution in [2.75, 3.05) is 19.0 Å². The molecule has 3 aromatic rings. The van der Waals surface area contributed by atoms with Gasteiger partial charge in [0.2, 0.25) is 0 Å². The van der Waals surface area contributed by atoms with Crippen LogP contribution in [0.25, 0.3) is 5.76 Å². The molecule has 0 bridgehead atoms. The molecule has 4 rings (SSSR count). The van der Waals surface area contributed by atoms with Crippen molar-refractivity contribution >= 4 is 23.1 Å². The van der Waals surface area contributed by atoms with E-state index in [4.69, 9.17) is 0 Å². The number of Topliss-reactive ketones (excluding diaryl/α,β-unsaturated/α-hetero) is 1. The van der Waals surface area contributed by atoms with E-state index in [9.17, 15) is 19.1 Å². The maximum Gasteiger partial charge on any atom is 0.295 e. The minimum Gasteiger partial charge on any atom is -0.507 e. The van der Waals surface area contributed by atoms with Gasteiger partial charge in [-0.1, -0.05) is 30.3 Å². The van der Waals surface area contributed by atoms with Crippen LogP contribution in [0.3, 0.4) is 0 Å². The van der Waals surface area contributed by atoms with Crippen LogP contribution in [-0.4, -0.2) is 40.8 Å². The van der Waals surface area contributed by atoms with Crippen molar-refractivity contribution in [1.82, 2.24) is 9.88 Å². The van der Waals surface area contributed by atoms with E-state index in [0.29, 0.717) is 11.1 Å². The Kier molecular flexibility index (Phi) is 5.96. The average Bonchev–Trinajstić information content (AvgIpc) is 3.06. The number of amides is 1. The van der Waals surface area contributed by atoms with Gasteiger partial charge in [0.15, 0.2) is 0 Å². The molecule has 0 saturated carbocycles. The van der Waals surface area contributed by atoms with Crippen LogP contribution in [0.2, 0.25) is 0 Å². The molecule has 2 aromatic carbocycles. The quantitative estimate of drug-likeness (QED) is 0.362. The molecule has 0 spiro atoms. The van der Waals surface area contributed by atoms with Crippen molar-refractivity contribution in [3.8, 4) is 0 Å². The van der Waals surface area contributed by atoms with E-state index in [1.807, 2.05) is 49.3 Å². The number of aryl methyl sites for hydroxylation is 1. The molecular weight excluding hydrogens is 421 g/mol. The van der Waals surface area contributed by atoms with Crippen LogP contribution in [0.5, 0.6) is 0 Å². The van der Waals surface area contributed by atoms with Gasteiger partial charge in [-0.3, -0.25) is 14.6 Å². The Morgan fingerprint density at radius 3 is 2.45 bits per heavy atom. The lowest BCUT2D eigenvalue weighted by molar-refractivity contribution is -0.140. The van der Waals surface area contributed by atoms with Gasteiger partial charge in [0.1, 0.15) is 11.6 Å². The first-order valence-corrected chi connectivity index (χ1v) is 10.5. The van der Waals surface area contributed by atoms with E-state index in [-0.39, 0.29) is 17.7 Å². The smallest absolute Gasteiger partial charge is 0.295 e. The molecule has 1 aliphatic heterocycles. The molecule has 1 N–H and O–H groups in total. The number of hydrogen-bond donors (Lipinski definition) is 1. The van der Waals surface area contributed by atoms with E-state index >= 15 is 0 Å². The lowest BCUT2D eigenvalue weighted by atomic mass is 9.94. The zero-order chi connectivity index (χ0) is 23.7. The van der Waals surface area contributed by atoms with Gasteiger partial charge in [-0.2, -0.15) is 0 Å². The fourth-order valence-electron chi connectivity index (χ4n) is 3.93. The van der Waals surface area contributed by atoms with E-state index in [0.717, 1.165) is 11.3 Å². The number of aliphatic hydroxyl groups excluding tert-OH is 1. The largest absolute Gasteiger partial charge is 0.507 e. The van der Waals surface area contributed by atoms with Gasteiger partial charge in [-0.05, 0) is 47.9 Å². The van der Waals surface area contributed by atoms with Gasteiger partial charge in [-0.25, -0.2) is 4.39 Å². The van der Waals surface area contributed by atoms with Crippen LogP contribution in [0.1, 0.15) is 28.3 Å². The molecule has 0 aliphatic carbocycles. The number of rotatable bonds is 5. The Bertz CT molecular complexity index is 1240. The van der Waals surface area contributed by atoms with Crippen LogP contribution in [0.4, 0.5) is 10.1 Å². The van der Waals surface area contributed by atoms with Gasteiger partial charge in [0.05, 0.1) is 11.6 Å². The summed E-state index contributed by atoms with van der Waals surface area (Å²) < 4.78 is 14.2. The lowest BCUT2D eigenvalue weighted by Crippen LogP contribution is -2.29. The third kappa shape index (κ3) is 4.22. The van der Waals surface area contributed by atoms with E-state index in [2.05, 4.69) is 4.98 Å². The number of aliphatic hydroxyl groups is 1. The number of ketones is 1. The molecule has 1 aliphatic rings. The Hall–Kier alpha value is -4.00. The fraction of sp³-hybridized carbons (Fsp3) is 0.192. The zero-order valence-corrected chi connectivity index (χ0v) is 18.6. The second kappa shape index (κ2) is 8.86. The first-order valence-electron chi connectivity index (χ1n) is 10.5. The molecule has 0 radical (unpaired) electrons. The number of benzene rings is 2. The molecule has 7 heteroatoms. The van der Waals surface area contributed by atoms with Gasteiger partial charge >= 0.3 is 0 Å². The molecule has 6 nitrogen and oxygen atoms in total. The van der Waals surface area contributed by atoms with Crippen LogP contribution in [-0.2, 0) is 16.1 Å². The molecule has 1 saturated heterocycles. The highest BCUT2D eigenvalue weighted by Crippen LogP contribution is 2.40. The molecule has 1 amide bonds. The van der Waals surface area contributed by atoms with Crippen LogP contribution in [0.15, 0.2) is 72.6 Å². The predicted octanol–water partition coefficient (Wildman–Crippen LogP) is 4.22. The normalized spacial score (nSPS) is 17.5. The minimum absolute atomic E-state index is 0.0650. The van der Waals surface area contributed by atoms with Crippen LogP contribution in [0, 0.1) is 12.7 Å². The summed E-state index contributed by atoms with van der Waals surface area (Å²) >= 11 is 0. The van der Waals surface area contributed by atoms with Gasteiger partial charge in [0.25, 0.3) is 11.7 Å². The van der Waals surface area contributed by atoms with Crippen molar-refractivity contribution in [1.29, 1.82) is 0 Å². The van der Waals surface area contributed by atoms with Crippen molar-refractivity contribution < 1.29 is 19.1 Å². The maximum absolute atomic E-state index is 14.2. The SMILES string of the molecule is Cc1ccc(/C(O)=C2\C(=O)C(=O)N(Cc3cccnc3)C2c2ccc(N(C)C)cc2)cc1F. The highest BCUT2D eigenvalue weighted by molar-refractivity contribution is 6.46. The number of anilines is 1. The van der Waals surface area contributed by atoms with Crippen molar-refractivity contribution in [3.05, 3.63) is 101 Å². The number of aromatic nitrogens is 1. The number of nitrogens with zero attached hydrogens (tertiary/aromatic N) is 3. The fourth-order valence-corrected chi connectivity index (χ4v) is 3.93. The standard InChI is InChI=1S/C26H24FN3O3/c1-16-6-7-19(13-21(16)27)24(31)22-23(18-8-10-20(11-9-18)29(2)3)30(26(33)25(22)32)15-17-5-4-12-28-14-17/h4-14,23,31H,15H2,1-3H3/b24-22+. The van der Waals surface area contributed by atoms with E-state index in [1.165, 1.54) is 23.1 Å². The second-order valence-corrected chi connectivity index (χ2v) is 8.24. The predicted molar refractivity (Wildman–Crippen MR) is 124 cm³/mol. The zero-order valence-electron chi connectivity index (χ0n) is 18.6. The Morgan fingerprint density at radius 2 is 1.85 bits per heavy atom. The first kappa shape index (κ1) is 22.2. The summed E-state index contributed by atoms with van der Waals surface area (Å²) in [5.41, 5.74) is 2.86. The molecule has 1 aromatic heterocycles. The summed E-state index contributed by atoms with van der Waals surface area (Å²) in [5.74, 6) is -2.44. The number of hydrogen-bond acceptors (Lipinski definition) is 5. The van der Waals surface area contributed by atoms with E-state index < -0.39 is 29.3 Å². The number of carbonyl (C=O) groups excluding carboxylic acids is 2. The maximum atomic E-state index is 14.2. The highest BCUT2D eigenvalue weighted by atomic mass is 19.1. The van der Waals surface area contributed by atoms with Gasteiger partial charge < -0.3 is 14.9 Å². The summed E-state index contributed by atoms with van der Waals surface area (Å²) in [6, 6.07) is 14.4. The summed E-state index contributed by atoms with van der Waals surface area (Å²) in [4.78, 5) is 33.6. The highest BCUT2D eigenvalue weighted by Gasteiger charge is 2.46. The Balaban J connectivity index is 1.86. The van der Waals surface area contributed by atoms with Gasteiger partial charge in [-0.15, -0.1) is 0 Å². The minimum atomic E-state index is -0.828. The summed E-state index contributed by atoms with van der Waals surface area (Å²) in [6.45, 7) is 1.75. The summed E-state index contributed by atoms with van der Waals surface area (Å²) in [5, 5.41) is 11.1. The molecular formula is C26H24FN3O3. The lowest BCUT2D eigenvalue weighted by Gasteiger charge is -2.26. The number of likely N-dealkylation sites (tertiary alicyclic amines) is 1. The number of carbonyl (C=O) groups is 2. The monoisotopic (exact) mass is 445 g/mol. The van der Waals surface area contributed by atoms with Crippen molar-refractivity contribution in [2.24, 2.45) is 0 Å². The summed E-state index contributed by atoms with van der Waals surface area (Å²) in [6.07, 6.45) is 3.25. The molecule has 1 unspecified atom stereocenters. The van der Waals surface area contributed by atoms with Crippen LogP contribution < -0.4 is 4.90 Å². The summed E-state index contributed by atoms with van der Waals surface area (Å²) in [7, 11) is 3.82. The second-order valence-electron chi connectivity index (χ2n) is 8.24. The molecule has 168 valence electrons. The number of pyridine rings is 1. The average molecular weight is 445 g/mol. The Morgan fingerprint density at radius 1 is 1.12 bits per heavy atom.